The molecular weight excluding hydrogens is 326 g/mol. The van der Waals surface area contributed by atoms with Gasteiger partial charge in [0.15, 0.2) is 9.84 Å². The fourth-order valence-corrected chi connectivity index (χ4v) is 4.74. The molecule has 1 saturated heterocycles. The van der Waals surface area contributed by atoms with Gasteiger partial charge in [-0.1, -0.05) is 6.07 Å². The Hall–Kier alpha value is -2.12. The summed E-state index contributed by atoms with van der Waals surface area (Å²) in [5.41, 5.74) is 1.69. The second kappa shape index (κ2) is 6.78. The van der Waals surface area contributed by atoms with Crippen molar-refractivity contribution in [2.24, 2.45) is 0 Å². The Kier molecular flexibility index (Phi) is 4.73. The predicted molar refractivity (Wildman–Crippen MR) is 94.1 cm³/mol. The average Bonchev–Trinajstić information content (AvgIpc) is 3.16. The molecule has 6 nitrogen and oxygen atoms in total. The lowest BCUT2D eigenvalue weighted by molar-refractivity contribution is -0.117. The number of hydrogen-bond acceptors (Lipinski definition) is 4. The molecule has 1 fully saturated rings. The van der Waals surface area contributed by atoms with Gasteiger partial charge in [-0.15, -0.1) is 0 Å². The maximum Gasteiger partial charge on any atom is 0.238 e. The number of aromatic nitrogens is 1. The van der Waals surface area contributed by atoms with E-state index in [1.54, 1.807) is 7.05 Å². The minimum absolute atomic E-state index is 0.0769. The standard InChI is InChI=1S/C17H21N3O3S/c1-19(16-7-10-24(22,23)13-16)12-17(21)18-14-5-4-6-15(11-14)20-8-2-3-9-20/h2-6,8-9,11,16H,7,10,12-13H2,1H3,(H,18,21). The largest absolute Gasteiger partial charge is 0.325 e. The summed E-state index contributed by atoms with van der Waals surface area (Å²) in [6, 6.07) is 11.4. The van der Waals surface area contributed by atoms with Gasteiger partial charge >= 0.3 is 0 Å². The van der Waals surface area contributed by atoms with E-state index in [1.807, 2.05) is 58.3 Å². The van der Waals surface area contributed by atoms with Crippen LogP contribution < -0.4 is 5.32 Å². The van der Waals surface area contributed by atoms with Crippen LogP contribution in [-0.2, 0) is 14.6 Å². The topological polar surface area (TPSA) is 71.4 Å². The number of nitrogens with zero attached hydrogens (tertiary/aromatic N) is 2. The maximum absolute atomic E-state index is 12.2. The van der Waals surface area contributed by atoms with Crippen LogP contribution in [0.15, 0.2) is 48.8 Å². The number of benzene rings is 1. The molecule has 128 valence electrons. The normalized spacial score (nSPS) is 19.5. The first-order valence-corrected chi connectivity index (χ1v) is 9.69. The lowest BCUT2D eigenvalue weighted by Gasteiger charge is -2.22. The van der Waals surface area contributed by atoms with Gasteiger partial charge in [-0.2, -0.15) is 0 Å². The molecule has 0 spiro atoms. The lowest BCUT2D eigenvalue weighted by Crippen LogP contribution is -2.38. The van der Waals surface area contributed by atoms with Crippen molar-refractivity contribution in [3.63, 3.8) is 0 Å². The van der Waals surface area contributed by atoms with Crippen molar-refractivity contribution in [1.29, 1.82) is 0 Å². The van der Waals surface area contributed by atoms with Gasteiger partial charge in [0.2, 0.25) is 5.91 Å². The maximum atomic E-state index is 12.2. The SMILES string of the molecule is CN(CC(=O)Nc1cccc(-n2cccc2)c1)C1CCS(=O)(=O)C1. The van der Waals surface area contributed by atoms with Gasteiger partial charge < -0.3 is 9.88 Å². The molecule has 7 heteroatoms. The van der Waals surface area contributed by atoms with Crippen LogP contribution >= 0.6 is 0 Å². The number of sulfone groups is 1. The van der Waals surface area contributed by atoms with E-state index in [0.29, 0.717) is 6.42 Å². The van der Waals surface area contributed by atoms with E-state index < -0.39 is 9.84 Å². The molecule has 1 unspecified atom stereocenters. The third-order valence-electron chi connectivity index (χ3n) is 4.26. The molecule has 1 amide bonds. The summed E-state index contributed by atoms with van der Waals surface area (Å²) in [4.78, 5) is 14.0. The van der Waals surface area contributed by atoms with E-state index in [-0.39, 0.29) is 30.0 Å². The van der Waals surface area contributed by atoms with Gasteiger partial charge in [0, 0.05) is 29.8 Å². The van der Waals surface area contributed by atoms with Crippen LogP contribution in [-0.4, -0.2) is 54.9 Å². The van der Waals surface area contributed by atoms with Crippen LogP contribution in [0.4, 0.5) is 5.69 Å². The highest BCUT2D eigenvalue weighted by Gasteiger charge is 2.31. The minimum Gasteiger partial charge on any atom is -0.325 e. The Morgan fingerprint density at radius 2 is 2.04 bits per heavy atom. The van der Waals surface area contributed by atoms with E-state index in [1.165, 1.54) is 0 Å². The highest BCUT2D eigenvalue weighted by Crippen LogP contribution is 2.17. The zero-order chi connectivity index (χ0) is 17.2. The van der Waals surface area contributed by atoms with Crippen molar-refractivity contribution in [3.05, 3.63) is 48.8 Å². The molecule has 1 aromatic carbocycles. The fraction of sp³-hybridized carbons (Fsp3) is 0.353. The molecule has 1 atom stereocenters. The number of carbonyl (C=O) groups excluding carboxylic acids is 1. The molecule has 24 heavy (non-hydrogen) atoms. The molecule has 3 rings (SSSR count). The number of likely N-dealkylation sites (N-methyl/N-ethyl adjacent to an activating group) is 1. The zero-order valence-electron chi connectivity index (χ0n) is 13.6. The smallest absolute Gasteiger partial charge is 0.238 e. The molecule has 1 aliphatic heterocycles. The van der Waals surface area contributed by atoms with E-state index >= 15 is 0 Å². The van der Waals surface area contributed by atoms with Crippen molar-refractivity contribution >= 4 is 21.4 Å². The van der Waals surface area contributed by atoms with Crippen LogP contribution in [0.25, 0.3) is 5.69 Å². The minimum atomic E-state index is -2.94. The first kappa shape index (κ1) is 16.7. The summed E-state index contributed by atoms with van der Waals surface area (Å²) >= 11 is 0. The van der Waals surface area contributed by atoms with Gasteiger partial charge in [-0.05, 0) is 43.8 Å². The van der Waals surface area contributed by atoms with Crippen LogP contribution in [0.3, 0.4) is 0 Å². The Morgan fingerprint density at radius 1 is 1.29 bits per heavy atom. The quantitative estimate of drug-likeness (QED) is 0.890. The number of carbonyl (C=O) groups is 1. The Bertz CT molecular complexity index is 815. The van der Waals surface area contributed by atoms with E-state index in [9.17, 15) is 13.2 Å². The molecule has 2 heterocycles. The highest BCUT2D eigenvalue weighted by atomic mass is 32.2. The Labute approximate surface area is 142 Å². The monoisotopic (exact) mass is 347 g/mol. The second-order valence-electron chi connectivity index (χ2n) is 6.16. The van der Waals surface area contributed by atoms with Crippen LogP contribution in [0.2, 0.25) is 0 Å². The highest BCUT2D eigenvalue weighted by molar-refractivity contribution is 7.91. The van der Waals surface area contributed by atoms with Gasteiger partial charge in [0.05, 0.1) is 18.1 Å². The molecule has 0 aliphatic carbocycles. The molecule has 1 aliphatic rings. The van der Waals surface area contributed by atoms with E-state index in [0.717, 1.165) is 11.4 Å². The van der Waals surface area contributed by atoms with Gasteiger partial charge in [-0.25, -0.2) is 8.42 Å². The van der Waals surface area contributed by atoms with Crippen molar-refractivity contribution in [2.45, 2.75) is 12.5 Å². The van der Waals surface area contributed by atoms with E-state index in [4.69, 9.17) is 0 Å². The summed E-state index contributed by atoms with van der Waals surface area (Å²) < 4.78 is 25.0. The molecule has 0 bridgehead atoms. The third-order valence-corrected chi connectivity index (χ3v) is 6.01. The van der Waals surface area contributed by atoms with E-state index in [2.05, 4.69) is 5.32 Å². The summed E-state index contributed by atoms with van der Waals surface area (Å²) in [7, 11) is -1.15. The fourth-order valence-electron chi connectivity index (χ4n) is 2.93. The second-order valence-corrected chi connectivity index (χ2v) is 8.39. The molecule has 1 N–H and O–H groups in total. The van der Waals surface area contributed by atoms with Gasteiger partial charge in [0.25, 0.3) is 0 Å². The lowest BCUT2D eigenvalue weighted by atomic mass is 10.2. The third kappa shape index (κ3) is 4.04. The first-order valence-electron chi connectivity index (χ1n) is 7.87. The summed E-state index contributed by atoms with van der Waals surface area (Å²) in [5.74, 6) is 0.203. The van der Waals surface area contributed by atoms with Crippen LogP contribution in [0.5, 0.6) is 0 Å². The van der Waals surface area contributed by atoms with Gasteiger partial charge in [-0.3, -0.25) is 9.69 Å². The van der Waals surface area contributed by atoms with Crippen molar-refractivity contribution in [1.82, 2.24) is 9.47 Å². The van der Waals surface area contributed by atoms with Crippen molar-refractivity contribution in [3.8, 4) is 5.69 Å². The molecule has 1 aromatic heterocycles. The van der Waals surface area contributed by atoms with Crippen molar-refractivity contribution in [2.75, 3.05) is 30.4 Å². The van der Waals surface area contributed by atoms with Gasteiger partial charge in [0.1, 0.15) is 0 Å². The van der Waals surface area contributed by atoms with Crippen LogP contribution in [0, 0.1) is 0 Å². The zero-order valence-corrected chi connectivity index (χ0v) is 14.4. The number of nitrogens with one attached hydrogen (secondary N) is 1. The van der Waals surface area contributed by atoms with Crippen molar-refractivity contribution < 1.29 is 13.2 Å². The molecular formula is C17H21N3O3S. The Balaban J connectivity index is 1.60. The summed E-state index contributed by atoms with van der Waals surface area (Å²) in [6.45, 7) is 0.175. The average molecular weight is 347 g/mol. The predicted octanol–water partition coefficient (Wildman–Crippen LogP) is 1.53. The summed E-state index contributed by atoms with van der Waals surface area (Å²) in [5, 5.41) is 2.88. The Morgan fingerprint density at radius 3 is 2.71 bits per heavy atom. The number of amides is 1. The molecule has 2 aromatic rings. The summed E-state index contributed by atoms with van der Waals surface area (Å²) in [6.07, 6.45) is 4.47. The first-order chi connectivity index (χ1) is 11.4. The number of hydrogen-bond donors (Lipinski definition) is 1. The van der Waals surface area contributed by atoms with Crippen LogP contribution in [0.1, 0.15) is 6.42 Å². The molecule has 0 saturated carbocycles. The number of anilines is 1. The molecule has 0 radical (unpaired) electrons. The number of rotatable bonds is 5.